The summed E-state index contributed by atoms with van der Waals surface area (Å²) in [4.78, 5) is 6.27. The van der Waals surface area contributed by atoms with Crippen LogP contribution in [0.5, 0.6) is 0 Å². The fourth-order valence-electron chi connectivity index (χ4n) is 1.57. The smallest absolute Gasteiger partial charge is 0.295 e. The summed E-state index contributed by atoms with van der Waals surface area (Å²) in [5.74, 6) is 0. The first-order valence-electron chi connectivity index (χ1n) is 5.27. The predicted octanol–water partition coefficient (Wildman–Crippen LogP) is 1.61. The van der Waals surface area contributed by atoms with E-state index in [0.29, 0.717) is 24.3 Å². The van der Waals surface area contributed by atoms with E-state index < -0.39 is 0 Å². The maximum atomic E-state index is 8.58. The summed E-state index contributed by atoms with van der Waals surface area (Å²) in [6, 6.07) is 0. The van der Waals surface area contributed by atoms with Gasteiger partial charge in [-0.05, 0) is 24.3 Å². The van der Waals surface area contributed by atoms with E-state index in [1.807, 2.05) is 24.3 Å². The Morgan fingerprint density at radius 3 is 1.59 bits per heavy atom. The highest BCUT2D eigenvalue weighted by Crippen LogP contribution is 2.10. The Bertz CT molecular complexity index is 499. The quantitative estimate of drug-likeness (QED) is 0.561. The number of hydrogen-bond acceptors (Lipinski definition) is 1. The normalized spacial score (nSPS) is 18.1. The first kappa shape index (κ1) is 11.0. The van der Waals surface area contributed by atoms with E-state index in [4.69, 9.17) is 11.1 Å². The molecule has 0 spiro atoms. The van der Waals surface area contributed by atoms with Crippen molar-refractivity contribution in [3.05, 3.63) is 58.9 Å². The zero-order valence-corrected chi connectivity index (χ0v) is 9.17. The van der Waals surface area contributed by atoms with Crippen molar-refractivity contribution in [2.45, 2.75) is 12.8 Å². The van der Waals surface area contributed by atoms with Gasteiger partial charge in [0.25, 0.3) is 11.4 Å². The Kier molecular flexibility index (Phi) is 3.26. The minimum atomic E-state index is 0.607. The minimum Gasteiger partial charge on any atom is -0.361 e. The van der Waals surface area contributed by atoms with E-state index in [1.54, 1.807) is 12.2 Å². The molecule has 2 rings (SSSR count). The van der Waals surface area contributed by atoms with Crippen molar-refractivity contribution in [1.29, 1.82) is 0 Å². The van der Waals surface area contributed by atoms with Crippen LogP contribution in [-0.2, 0) is 0 Å². The first-order valence-corrected chi connectivity index (χ1v) is 5.27. The molecule has 84 valence electrons. The number of hydrogen-bond donors (Lipinski definition) is 1. The molecule has 0 heterocycles. The third-order valence-corrected chi connectivity index (χ3v) is 2.52. The van der Waals surface area contributed by atoms with Gasteiger partial charge in [0, 0.05) is 23.5 Å². The predicted molar refractivity (Wildman–Crippen MR) is 64.1 cm³/mol. The number of nitrogens with zero attached hydrogens (tertiary/aromatic N) is 4. The van der Waals surface area contributed by atoms with Crippen LogP contribution < -0.4 is 5.32 Å². The highest BCUT2D eigenvalue weighted by molar-refractivity contribution is 5.93. The number of nitrogens with one attached hydrogen (secondary N) is 1. The van der Waals surface area contributed by atoms with E-state index in [0.717, 1.165) is 11.4 Å². The van der Waals surface area contributed by atoms with E-state index in [9.17, 15) is 0 Å². The van der Waals surface area contributed by atoms with Crippen LogP contribution in [0.3, 0.4) is 0 Å². The molecular formula is C12H11N5. The van der Waals surface area contributed by atoms with Gasteiger partial charge < -0.3 is 16.4 Å². The lowest BCUT2D eigenvalue weighted by atomic mass is 10.1. The molecule has 0 bridgehead atoms. The van der Waals surface area contributed by atoms with Gasteiger partial charge in [-0.25, -0.2) is 0 Å². The van der Waals surface area contributed by atoms with Gasteiger partial charge in [-0.1, -0.05) is 0 Å². The van der Waals surface area contributed by atoms with Gasteiger partial charge in [0.05, 0.1) is 12.8 Å². The van der Waals surface area contributed by atoms with Crippen molar-refractivity contribution >= 4 is 11.4 Å². The lowest BCUT2D eigenvalue weighted by molar-refractivity contribution is -0.00585. The van der Waals surface area contributed by atoms with Gasteiger partial charge in [-0.2, -0.15) is 9.58 Å². The molecule has 0 aliphatic heterocycles. The van der Waals surface area contributed by atoms with Crippen LogP contribution in [0.4, 0.5) is 0 Å². The number of rotatable bonds is 2. The summed E-state index contributed by atoms with van der Waals surface area (Å²) in [6.07, 6.45) is 12.3. The largest absolute Gasteiger partial charge is 0.361 e. The van der Waals surface area contributed by atoms with E-state index in [2.05, 4.69) is 14.9 Å². The molecule has 5 heteroatoms. The van der Waals surface area contributed by atoms with E-state index in [-0.39, 0.29) is 0 Å². The van der Waals surface area contributed by atoms with Crippen molar-refractivity contribution in [2.24, 2.45) is 0 Å². The highest BCUT2D eigenvalue weighted by atomic mass is 14.9. The topological polar surface area (TPSA) is 84.8 Å². The fourth-order valence-corrected chi connectivity index (χ4v) is 1.57. The molecule has 0 aromatic rings. The van der Waals surface area contributed by atoms with Crippen LogP contribution >= 0.6 is 0 Å². The van der Waals surface area contributed by atoms with Crippen molar-refractivity contribution in [1.82, 2.24) is 5.32 Å². The maximum Gasteiger partial charge on any atom is 0.295 e. The van der Waals surface area contributed by atoms with Gasteiger partial charge in [-0.3, -0.25) is 0 Å². The van der Waals surface area contributed by atoms with Crippen LogP contribution in [0.1, 0.15) is 12.8 Å². The van der Waals surface area contributed by atoms with Crippen LogP contribution in [-0.4, -0.2) is 21.0 Å². The van der Waals surface area contributed by atoms with Crippen molar-refractivity contribution in [3.63, 3.8) is 0 Å². The van der Waals surface area contributed by atoms with Gasteiger partial charge in [-0.15, -0.1) is 0 Å². The van der Waals surface area contributed by atoms with Crippen molar-refractivity contribution in [2.75, 3.05) is 0 Å². The van der Waals surface area contributed by atoms with Crippen LogP contribution in [0.15, 0.2) is 47.9 Å². The molecule has 0 saturated heterocycles. The molecule has 0 saturated carbocycles. The Balaban J connectivity index is 2.01. The molecule has 2 aliphatic rings. The summed E-state index contributed by atoms with van der Waals surface area (Å²) < 4.78 is 0. The van der Waals surface area contributed by atoms with Gasteiger partial charge >= 0.3 is 0 Å². The summed E-state index contributed by atoms with van der Waals surface area (Å²) in [6.45, 7) is 0. The van der Waals surface area contributed by atoms with Crippen molar-refractivity contribution < 1.29 is 9.58 Å². The van der Waals surface area contributed by atoms with Crippen molar-refractivity contribution in [3.8, 4) is 0 Å². The summed E-state index contributed by atoms with van der Waals surface area (Å²) in [5.41, 5.74) is 20.4. The molecule has 0 fully saturated rings. The monoisotopic (exact) mass is 225 g/mol. The molecule has 2 aliphatic carbocycles. The second kappa shape index (κ2) is 5.03. The molecule has 0 aromatic heterocycles. The maximum absolute atomic E-state index is 8.58. The summed E-state index contributed by atoms with van der Waals surface area (Å²) >= 11 is 0. The van der Waals surface area contributed by atoms with Crippen LogP contribution in [0.2, 0.25) is 0 Å². The molecule has 1 N–H and O–H groups in total. The average Bonchev–Trinajstić information content (AvgIpc) is 2.40. The standard InChI is InChI=1S/C12H11N5/c13-16-11-5-1-9(2-6-11)15-10-3-7-12(17-14)8-4-10/h1-5,7,15H,6,8H2. The lowest BCUT2D eigenvalue weighted by Crippen LogP contribution is -2.15. The van der Waals surface area contributed by atoms with Crippen LogP contribution in [0.25, 0.3) is 11.1 Å². The second-order valence-corrected chi connectivity index (χ2v) is 3.70. The third-order valence-electron chi connectivity index (χ3n) is 2.52. The average molecular weight is 225 g/mol. The third kappa shape index (κ3) is 2.75. The number of allylic oxidation sites excluding steroid dienone is 6. The molecule has 17 heavy (non-hydrogen) atoms. The molecule has 0 aromatic carbocycles. The zero-order chi connectivity index (χ0) is 12.1. The Labute approximate surface area is 98.7 Å². The van der Waals surface area contributed by atoms with E-state index in [1.165, 1.54) is 0 Å². The molecule has 0 amide bonds. The Morgan fingerprint density at radius 2 is 1.29 bits per heavy atom. The Hall–Kier alpha value is -2.48. The lowest BCUT2D eigenvalue weighted by Gasteiger charge is -2.11. The SMILES string of the molecule is [N-]=[N+]=C1C=CC(NC2=CCC(=[N+]=[N-])C=C2)=CC1. The molecule has 0 atom stereocenters. The van der Waals surface area contributed by atoms with E-state index >= 15 is 0 Å². The fraction of sp³-hybridized carbons (Fsp3) is 0.167. The van der Waals surface area contributed by atoms with Crippen LogP contribution in [0, 0.1) is 0 Å². The van der Waals surface area contributed by atoms with Gasteiger partial charge in [0.15, 0.2) is 0 Å². The summed E-state index contributed by atoms with van der Waals surface area (Å²) in [5, 5.41) is 3.22. The highest BCUT2D eigenvalue weighted by Gasteiger charge is 2.11. The second-order valence-electron chi connectivity index (χ2n) is 3.70. The molecule has 0 unspecified atom stereocenters. The first-order chi connectivity index (χ1) is 8.31. The molecule has 5 nitrogen and oxygen atoms in total. The Morgan fingerprint density at radius 1 is 0.824 bits per heavy atom. The van der Waals surface area contributed by atoms with Gasteiger partial charge in [0.1, 0.15) is 0 Å². The molecule has 0 radical (unpaired) electrons. The van der Waals surface area contributed by atoms with Gasteiger partial charge in [0.2, 0.25) is 0 Å². The minimum absolute atomic E-state index is 0.607. The zero-order valence-electron chi connectivity index (χ0n) is 9.17. The molecular weight excluding hydrogens is 214 g/mol. The summed E-state index contributed by atoms with van der Waals surface area (Å²) in [7, 11) is 0.